The lowest BCUT2D eigenvalue weighted by molar-refractivity contribution is -0.142. The first-order valence-corrected chi connectivity index (χ1v) is 21.7. The highest BCUT2D eigenvalue weighted by atomic mass is 16.4. The number of rotatable bonds is 28. The molecule has 21 heteroatoms. The van der Waals surface area contributed by atoms with E-state index >= 15 is 0 Å². The Morgan fingerprint density at radius 2 is 1.33 bits per heavy atom. The Hall–Kier alpha value is -6.09. The number of aliphatic carboxylic acids is 1. The zero-order valence-corrected chi connectivity index (χ0v) is 37.9. The fourth-order valence-corrected chi connectivity index (χ4v) is 6.48. The Kier molecular flexibility index (Phi) is 22.9. The van der Waals surface area contributed by atoms with Crippen LogP contribution in [0.25, 0.3) is 0 Å². The lowest BCUT2D eigenvalue weighted by atomic mass is 9.96. The van der Waals surface area contributed by atoms with Gasteiger partial charge in [0, 0.05) is 24.7 Å². The molecule has 0 aliphatic rings. The van der Waals surface area contributed by atoms with Gasteiger partial charge in [0.05, 0.1) is 18.9 Å². The number of phenols is 1. The third kappa shape index (κ3) is 18.7. The molecule has 0 fully saturated rings. The van der Waals surface area contributed by atoms with Crippen LogP contribution in [-0.4, -0.2) is 123 Å². The number of phenolic OH excluding ortho intramolecular Hbond substituents is 1. The fraction of sp³-hybridized carbons (Fsp3) is 0.605. The predicted molar refractivity (Wildman–Crippen MR) is 237 cm³/mol. The highest BCUT2D eigenvalue weighted by molar-refractivity contribution is 5.97. The molecule has 8 atom stereocenters. The molecule has 2 rings (SSSR count). The Balaban J connectivity index is 2.33. The number of aromatic amines is 1. The van der Waals surface area contributed by atoms with Gasteiger partial charge in [-0.1, -0.05) is 60.1 Å². The minimum absolute atomic E-state index is 0.0394. The topological polar surface area (TPSA) is 342 Å². The molecule has 0 spiro atoms. The van der Waals surface area contributed by atoms with Gasteiger partial charge in [-0.15, -0.1) is 0 Å². The summed E-state index contributed by atoms with van der Waals surface area (Å²) >= 11 is 0. The number of hydrogen-bond acceptors (Lipinski definition) is 12. The molecule has 356 valence electrons. The van der Waals surface area contributed by atoms with E-state index < -0.39 is 108 Å². The number of carboxylic acids is 1. The normalized spacial score (nSPS) is 15.0. The first kappa shape index (κ1) is 54.0. The van der Waals surface area contributed by atoms with Crippen LogP contribution in [0.3, 0.4) is 0 Å². The maximum Gasteiger partial charge on any atom is 0.326 e. The van der Waals surface area contributed by atoms with E-state index in [2.05, 4.69) is 47.2 Å². The van der Waals surface area contributed by atoms with Gasteiger partial charge in [0.15, 0.2) is 0 Å². The second-order valence-corrected chi connectivity index (χ2v) is 16.8. The molecule has 14 N–H and O–H groups in total. The molecule has 0 saturated heterocycles. The van der Waals surface area contributed by atoms with Crippen LogP contribution in [0.5, 0.6) is 5.75 Å². The summed E-state index contributed by atoms with van der Waals surface area (Å²) in [5, 5.41) is 37.6. The second-order valence-electron chi connectivity index (χ2n) is 16.8. The summed E-state index contributed by atoms with van der Waals surface area (Å²) in [5.41, 5.74) is 12.5. The first-order chi connectivity index (χ1) is 30.2. The van der Waals surface area contributed by atoms with Gasteiger partial charge in [-0.2, -0.15) is 0 Å². The largest absolute Gasteiger partial charge is 0.508 e. The van der Waals surface area contributed by atoms with Gasteiger partial charge in [-0.3, -0.25) is 33.6 Å². The smallest absolute Gasteiger partial charge is 0.326 e. The summed E-state index contributed by atoms with van der Waals surface area (Å²) in [6, 6.07) is -2.27. The molecule has 0 radical (unpaired) electrons. The van der Waals surface area contributed by atoms with Gasteiger partial charge in [0.25, 0.3) is 0 Å². The quantitative estimate of drug-likeness (QED) is 0.0468. The van der Waals surface area contributed by atoms with Crippen LogP contribution in [0.15, 0.2) is 36.8 Å². The van der Waals surface area contributed by atoms with Gasteiger partial charge in [0.2, 0.25) is 41.4 Å². The van der Waals surface area contributed by atoms with Crippen molar-refractivity contribution in [3.05, 3.63) is 48.0 Å². The van der Waals surface area contributed by atoms with E-state index in [9.17, 15) is 48.6 Å². The lowest BCUT2D eigenvalue weighted by Crippen LogP contribution is -2.61. The van der Waals surface area contributed by atoms with Crippen LogP contribution in [-0.2, 0) is 51.2 Å². The maximum atomic E-state index is 14.2. The van der Waals surface area contributed by atoms with E-state index in [4.69, 9.17) is 11.5 Å². The number of carbonyl (C=O) groups excluding carboxylic acids is 7. The highest BCUT2D eigenvalue weighted by Gasteiger charge is 2.35. The second kappa shape index (κ2) is 27.2. The molecule has 1 heterocycles. The number of amides is 7. The number of nitrogens with one attached hydrogen (secondary N) is 8. The molecular weight excluding hydrogens is 831 g/mol. The molecule has 7 amide bonds. The van der Waals surface area contributed by atoms with Crippen molar-refractivity contribution in [1.82, 2.24) is 47.2 Å². The van der Waals surface area contributed by atoms with Crippen molar-refractivity contribution in [1.29, 1.82) is 0 Å². The third-order valence-electron chi connectivity index (χ3n) is 10.5. The lowest BCUT2D eigenvalue weighted by Gasteiger charge is -2.30. The standard InChI is InChI=1S/C43H69N11O10/c1-8-25(6)36(54-40(60)33(19-28-20-46-22-48-28)51-37(57)26(7)49-38(58)30(45)17-23(2)3)42(62)52-32(18-27-12-14-29(55)15-13-27)39(59)53-35(24(4)5)41(61)47-21-34(56)50-31(43(63)64)11-9-10-16-44/h12-15,20,22-26,30-33,35-36,55H,8-11,16-19,21,44-45H2,1-7H3,(H,46,48)(H,47,61)(H,49,58)(H,50,56)(H,51,57)(H,52,62)(H,53,59)(H,54,60)(H,63,64). The number of nitrogens with zero attached hydrogens (tertiary/aromatic N) is 1. The zero-order valence-electron chi connectivity index (χ0n) is 37.9. The van der Waals surface area contributed by atoms with Crippen molar-refractivity contribution in [2.75, 3.05) is 13.1 Å². The molecule has 0 aliphatic carbocycles. The van der Waals surface area contributed by atoms with Crippen LogP contribution < -0.4 is 48.7 Å². The van der Waals surface area contributed by atoms with Crippen molar-refractivity contribution >= 4 is 47.3 Å². The Morgan fingerprint density at radius 3 is 1.88 bits per heavy atom. The maximum absolute atomic E-state index is 14.2. The van der Waals surface area contributed by atoms with Crippen LogP contribution in [0, 0.1) is 17.8 Å². The van der Waals surface area contributed by atoms with Gasteiger partial charge in [0.1, 0.15) is 42.0 Å². The molecule has 2 aromatic rings. The van der Waals surface area contributed by atoms with E-state index in [-0.39, 0.29) is 30.9 Å². The van der Waals surface area contributed by atoms with E-state index in [1.54, 1.807) is 39.8 Å². The van der Waals surface area contributed by atoms with Gasteiger partial charge in [-0.25, -0.2) is 9.78 Å². The molecule has 1 aromatic heterocycles. The molecule has 21 nitrogen and oxygen atoms in total. The summed E-state index contributed by atoms with van der Waals surface area (Å²) in [6.07, 6.45) is 4.65. The predicted octanol–water partition coefficient (Wildman–Crippen LogP) is -0.766. The summed E-state index contributed by atoms with van der Waals surface area (Å²) in [7, 11) is 0. The van der Waals surface area contributed by atoms with Gasteiger partial charge in [-0.05, 0) is 74.6 Å². The number of carbonyl (C=O) groups is 8. The number of nitrogens with two attached hydrogens (primary N) is 2. The third-order valence-corrected chi connectivity index (χ3v) is 10.5. The summed E-state index contributed by atoms with van der Waals surface area (Å²) in [6.45, 7) is 11.9. The number of imidazole rings is 1. The van der Waals surface area contributed by atoms with E-state index in [1.165, 1.54) is 31.6 Å². The van der Waals surface area contributed by atoms with Crippen molar-refractivity contribution in [3.63, 3.8) is 0 Å². The molecule has 0 aliphatic heterocycles. The molecule has 8 unspecified atom stereocenters. The van der Waals surface area contributed by atoms with Gasteiger partial charge < -0.3 is 63.9 Å². The Bertz CT molecular complexity index is 1840. The first-order valence-electron chi connectivity index (χ1n) is 21.7. The van der Waals surface area contributed by atoms with Crippen LogP contribution in [0.4, 0.5) is 0 Å². The highest BCUT2D eigenvalue weighted by Crippen LogP contribution is 2.15. The van der Waals surface area contributed by atoms with E-state index in [0.717, 1.165) is 0 Å². The molecule has 0 saturated carbocycles. The minimum Gasteiger partial charge on any atom is -0.508 e. The number of benzene rings is 1. The number of carboxylic acid groups (broad SMARTS) is 1. The number of H-pyrrole nitrogens is 1. The number of aromatic nitrogens is 2. The van der Waals surface area contributed by atoms with Crippen molar-refractivity contribution in [2.45, 2.75) is 136 Å². The molecular formula is C43H69N11O10. The summed E-state index contributed by atoms with van der Waals surface area (Å²) in [5.74, 6) is -7.19. The fourth-order valence-electron chi connectivity index (χ4n) is 6.48. The Labute approximate surface area is 374 Å². The van der Waals surface area contributed by atoms with Crippen molar-refractivity contribution < 1.29 is 48.6 Å². The summed E-state index contributed by atoms with van der Waals surface area (Å²) < 4.78 is 0. The van der Waals surface area contributed by atoms with E-state index in [1.807, 2.05) is 13.8 Å². The average molecular weight is 900 g/mol. The SMILES string of the molecule is CCC(C)C(NC(=O)C(Cc1cnc[nH]1)NC(=O)C(C)NC(=O)C(N)CC(C)C)C(=O)NC(Cc1ccc(O)cc1)C(=O)NC(C(=O)NCC(=O)NC(CCCCN)C(=O)O)C(C)C. The van der Waals surface area contributed by atoms with Crippen molar-refractivity contribution in [2.24, 2.45) is 29.2 Å². The number of aromatic hydroxyl groups is 1. The monoisotopic (exact) mass is 900 g/mol. The number of hydrogen-bond donors (Lipinski definition) is 12. The number of unbranched alkanes of at least 4 members (excludes halogenated alkanes) is 1. The molecule has 64 heavy (non-hydrogen) atoms. The van der Waals surface area contributed by atoms with E-state index in [0.29, 0.717) is 43.5 Å². The van der Waals surface area contributed by atoms with Crippen molar-refractivity contribution in [3.8, 4) is 5.75 Å². The van der Waals surface area contributed by atoms with Gasteiger partial charge >= 0.3 is 5.97 Å². The average Bonchev–Trinajstić information content (AvgIpc) is 3.76. The van der Waals surface area contributed by atoms with Crippen LogP contribution in [0.1, 0.15) is 91.8 Å². The minimum atomic E-state index is -1.34. The van der Waals surface area contributed by atoms with Crippen LogP contribution in [0.2, 0.25) is 0 Å². The van der Waals surface area contributed by atoms with Crippen LogP contribution >= 0.6 is 0 Å². The molecule has 1 aromatic carbocycles. The summed E-state index contributed by atoms with van der Waals surface area (Å²) in [4.78, 5) is 113. The zero-order chi connectivity index (χ0) is 48.1. The Morgan fingerprint density at radius 1 is 0.719 bits per heavy atom. The molecule has 0 bridgehead atoms.